The first-order valence-corrected chi connectivity index (χ1v) is 18.6. The van der Waals surface area contributed by atoms with Crippen molar-refractivity contribution in [2.75, 3.05) is 87.1 Å². The second-order valence-electron chi connectivity index (χ2n) is 13.7. The summed E-state index contributed by atoms with van der Waals surface area (Å²) < 4.78 is 35.4. The first-order chi connectivity index (χ1) is 23.5. The summed E-state index contributed by atoms with van der Waals surface area (Å²) in [5.41, 5.74) is 1.43. The summed E-state index contributed by atoms with van der Waals surface area (Å²) in [5, 5.41) is 8.82. The Morgan fingerprint density at radius 2 is 0.938 bits per heavy atom. The number of unbranched alkanes of at least 4 members (excludes halogenated alkanes) is 13. The maximum atomic E-state index is 5.96. The minimum absolute atomic E-state index is 0.396. The molecule has 9 nitrogen and oxygen atoms in total. The number of azo groups is 1. The zero-order valence-corrected chi connectivity index (χ0v) is 30.3. The molecule has 0 amide bonds. The van der Waals surface area contributed by atoms with E-state index in [0.29, 0.717) is 70.0 Å². The topological polar surface area (TPSA) is 80.1 Å². The van der Waals surface area contributed by atoms with Gasteiger partial charge in [0.05, 0.1) is 85.3 Å². The van der Waals surface area contributed by atoms with Crippen molar-refractivity contribution in [1.82, 2.24) is 0 Å². The number of fused-ring (bicyclic) bond motifs is 1. The molecule has 0 bridgehead atoms. The van der Waals surface area contributed by atoms with Gasteiger partial charge in [0.2, 0.25) is 0 Å². The normalized spacial score (nSPS) is 15.2. The lowest BCUT2D eigenvalue weighted by molar-refractivity contribution is -0.870. The Hall–Kier alpha value is -2.72. The van der Waals surface area contributed by atoms with Crippen LogP contribution in [0.3, 0.4) is 0 Å². The van der Waals surface area contributed by atoms with E-state index in [4.69, 9.17) is 28.4 Å². The maximum absolute atomic E-state index is 5.96. The SMILES string of the molecule is C[N+](C)(C)CCCCCCCCCCCCCCCCOc1ccc(N=Nc2ccc3c(c2)OCCOCCOCCOCCO3)cc1. The maximum Gasteiger partial charge on any atom is 0.163 e. The molecule has 0 saturated heterocycles. The Morgan fingerprint density at radius 1 is 0.500 bits per heavy atom. The molecule has 0 unspecified atom stereocenters. The monoisotopic (exact) mass is 670 g/mol. The molecule has 9 heteroatoms. The van der Waals surface area contributed by atoms with E-state index >= 15 is 0 Å². The smallest absolute Gasteiger partial charge is 0.163 e. The summed E-state index contributed by atoms with van der Waals surface area (Å²) in [4.78, 5) is 0. The molecule has 0 spiro atoms. The largest absolute Gasteiger partial charge is 0.494 e. The third kappa shape index (κ3) is 19.9. The van der Waals surface area contributed by atoms with Crippen molar-refractivity contribution in [2.45, 2.75) is 89.9 Å². The average Bonchev–Trinajstić information content (AvgIpc) is 3.08. The van der Waals surface area contributed by atoms with Gasteiger partial charge in [0, 0.05) is 6.07 Å². The van der Waals surface area contributed by atoms with Crippen LogP contribution in [-0.2, 0) is 14.2 Å². The highest BCUT2D eigenvalue weighted by atomic mass is 16.6. The van der Waals surface area contributed by atoms with Crippen molar-refractivity contribution in [1.29, 1.82) is 0 Å². The van der Waals surface area contributed by atoms with E-state index in [9.17, 15) is 0 Å². The van der Waals surface area contributed by atoms with Crippen molar-refractivity contribution in [2.24, 2.45) is 10.2 Å². The molecule has 270 valence electrons. The number of rotatable bonds is 20. The van der Waals surface area contributed by atoms with Gasteiger partial charge in [0.1, 0.15) is 19.0 Å². The molecule has 48 heavy (non-hydrogen) atoms. The molecule has 1 aliphatic heterocycles. The summed E-state index contributed by atoms with van der Waals surface area (Å²) in [6.07, 6.45) is 19.0. The fourth-order valence-corrected chi connectivity index (χ4v) is 5.48. The molecule has 0 N–H and O–H groups in total. The van der Waals surface area contributed by atoms with Gasteiger partial charge < -0.3 is 32.9 Å². The number of benzene rings is 2. The van der Waals surface area contributed by atoms with Crippen LogP contribution in [0.25, 0.3) is 0 Å². The summed E-state index contributed by atoms with van der Waals surface area (Å²) >= 11 is 0. The molecular formula is C39H64N3O6+. The van der Waals surface area contributed by atoms with E-state index in [-0.39, 0.29) is 0 Å². The van der Waals surface area contributed by atoms with Gasteiger partial charge in [-0.15, -0.1) is 0 Å². The van der Waals surface area contributed by atoms with Crippen LogP contribution in [0.15, 0.2) is 52.7 Å². The molecule has 0 radical (unpaired) electrons. The Kier molecular flexibility index (Phi) is 20.9. The van der Waals surface area contributed by atoms with Gasteiger partial charge in [-0.25, -0.2) is 0 Å². The third-order valence-corrected chi connectivity index (χ3v) is 8.25. The van der Waals surface area contributed by atoms with Gasteiger partial charge in [-0.2, -0.15) is 10.2 Å². The fraction of sp³-hybridized carbons (Fsp3) is 0.692. The summed E-state index contributed by atoms with van der Waals surface area (Å²) in [6, 6.07) is 13.3. The first kappa shape index (κ1) is 39.7. The van der Waals surface area contributed by atoms with Crippen molar-refractivity contribution >= 4 is 11.4 Å². The molecule has 0 aliphatic carbocycles. The van der Waals surface area contributed by atoms with Crippen LogP contribution in [0, 0.1) is 0 Å². The highest BCUT2D eigenvalue weighted by Gasteiger charge is 2.09. The summed E-state index contributed by atoms with van der Waals surface area (Å²) in [7, 11) is 6.86. The van der Waals surface area contributed by atoms with Crippen LogP contribution in [-0.4, -0.2) is 91.6 Å². The van der Waals surface area contributed by atoms with Crippen LogP contribution in [0.2, 0.25) is 0 Å². The first-order valence-electron chi connectivity index (χ1n) is 18.6. The second kappa shape index (κ2) is 25.3. The van der Waals surface area contributed by atoms with Crippen molar-refractivity contribution in [3.63, 3.8) is 0 Å². The third-order valence-electron chi connectivity index (χ3n) is 8.25. The zero-order chi connectivity index (χ0) is 34.0. The van der Waals surface area contributed by atoms with E-state index in [1.165, 1.54) is 90.0 Å². The summed E-state index contributed by atoms with van der Waals surface area (Å²) in [6.45, 7) is 5.91. The molecule has 2 aromatic rings. The van der Waals surface area contributed by atoms with E-state index in [1.807, 2.05) is 42.5 Å². The van der Waals surface area contributed by atoms with Crippen LogP contribution in [0.4, 0.5) is 11.4 Å². The molecular weight excluding hydrogens is 606 g/mol. The molecule has 3 rings (SSSR count). The lowest BCUT2D eigenvalue weighted by Crippen LogP contribution is -2.35. The molecule has 0 fully saturated rings. The molecule has 1 heterocycles. The van der Waals surface area contributed by atoms with Crippen molar-refractivity contribution in [3.8, 4) is 17.2 Å². The Morgan fingerprint density at radius 3 is 1.48 bits per heavy atom. The lowest BCUT2D eigenvalue weighted by Gasteiger charge is -2.23. The number of nitrogens with zero attached hydrogens (tertiary/aromatic N) is 3. The van der Waals surface area contributed by atoms with E-state index < -0.39 is 0 Å². The second-order valence-corrected chi connectivity index (χ2v) is 13.7. The Bertz CT molecular complexity index is 1110. The Balaban J connectivity index is 1.23. The average molecular weight is 671 g/mol. The quantitative estimate of drug-likeness (QED) is 0.0793. The predicted octanol–water partition coefficient (Wildman–Crippen LogP) is 9.47. The number of ether oxygens (including phenoxy) is 6. The van der Waals surface area contributed by atoms with Gasteiger partial charge in [-0.05, 0) is 55.7 Å². The van der Waals surface area contributed by atoms with E-state index in [2.05, 4.69) is 31.4 Å². The highest BCUT2D eigenvalue weighted by molar-refractivity contribution is 5.52. The fourth-order valence-electron chi connectivity index (χ4n) is 5.48. The summed E-state index contributed by atoms with van der Waals surface area (Å²) in [5.74, 6) is 2.10. The molecule has 2 aromatic carbocycles. The minimum atomic E-state index is 0.396. The van der Waals surface area contributed by atoms with Crippen molar-refractivity contribution in [3.05, 3.63) is 42.5 Å². The number of hydrogen-bond donors (Lipinski definition) is 0. The lowest BCUT2D eigenvalue weighted by atomic mass is 10.0. The van der Waals surface area contributed by atoms with E-state index in [1.54, 1.807) is 0 Å². The highest BCUT2D eigenvalue weighted by Crippen LogP contribution is 2.33. The van der Waals surface area contributed by atoms with E-state index in [0.717, 1.165) is 28.9 Å². The Labute approximate surface area is 290 Å². The number of quaternary nitrogens is 1. The molecule has 1 aliphatic rings. The van der Waals surface area contributed by atoms with Gasteiger partial charge >= 0.3 is 0 Å². The van der Waals surface area contributed by atoms with Gasteiger partial charge in [-0.3, -0.25) is 0 Å². The predicted molar refractivity (Wildman–Crippen MR) is 194 cm³/mol. The minimum Gasteiger partial charge on any atom is -0.494 e. The molecule has 0 aromatic heterocycles. The van der Waals surface area contributed by atoms with Crippen LogP contribution in [0.1, 0.15) is 89.9 Å². The van der Waals surface area contributed by atoms with Gasteiger partial charge in [-0.1, -0.05) is 70.6 Å². The van der Waals surface area contributed by atoms with Crippen molar-refractivity contribution < 1.29 is 32.9 Å². The molecule has 0 saturated carbocycles. The van der Waals surface area contributed by atoms with Crippen LogP contribution in [0.5, 0.6) is 17.2 Å². The standard InChI is InChI=1S/C39H64N3O6/c1-42(2,3)24-16-14-12-10-8-6-4-5-7-9-11-13-15-17-25-46-37-21-18-35(19-22-37)40-41-36-20-23-38-39(34-36)48-33-31-45-29-27-43-26-28-44-30-32-47-38/h18-23,34H,4-17,24-33H2,1-3H3/q+1. The van der Waals surface area contributed by atoms with Crippen LogP contribution < -0.4 is 14.2 Å². The molecule has 0 atom stereocenters. The number of hydrogen-bond acceptors (Lipinski definition) is 8. The van der Waals surface area contributed by atoms with Gasteiger partial charge in [0.25, 0.3) is 0 Å². The zero-order valence-electron chi connectivity index (χ0n) is 30.3. The van der Waals surface area contributed by atoms with Gasteiger partial charge in [0.15, 0.2) is 11.5 Å². The van der Waals surface area contributed by atoms with Crippen LogP contribution >= 0.6 is 0 Å².